The number of carboxylic acids is 1. The minimum atomic E-state index is -1.08. The zero-order valence-electron chi connectivity index (χ0n) is 15.5. The van der Waals surface area contributed by atoms with Crippen LogP contribution in [-0.4, -0.2) is 26.8 Å². The number of carboxylic acid groups (broad SMARTS) is 1. The largest absolute Gasteiger partial charge is 0.479 e. The molecule has 2 N–H and O–H groups in total. The maximum absolute atomic E-state index is 12.7. The highest BCUT2D eigenvalue weighted by atomic mass is 16.4. The summed E-state index contributed by atoms with van der Waals surface area (Å²) in [6, 6.07) is 4.47. The van der Waals surface area contributed by atoms with Crippen molar-refractivity contribution in [1.29, 1.82) is 0 Å². The first-order valence-corrected chi connectivity index (χ1v) is 8.23. The Bertz CT molecular complexity index is 803. The first-order chi connectivity index (χ1) is 11.6. The van der Waals surface area contributed by atoms with Gasteiger partial charge in [-0.15, -0.1) is 0 Å². The molecule has 0 aliphatic rings. The Morgan fingerprint density at radius 1 is 1.12 bits per heavy atom. The Hall–Kier alpha value is -2.63. The number of amides is 1. The molecule has 2 atom stereocenters. The molecule has 0 aliphatic heterocycles. The Morgan fingerprint density at radius 3 is 2.12 bits per heavy atom. The molecule has 0 saturated heterocycles. The zero-order chi connectivity index (χ0) is 18.9. The van der Waals surface area contributed by atoms with Gasteiger partial charge in [0.15, 0.2) is 6.04 Å². The molecule has 6 heteroatoms. The van der Waals surface area contributed by atoms with Crippen molar-refractivity contribution in [3.63, 3.8) is 0 Å². The summed E-state index contributed by atoms with van der Waals surface area (Å²) >= 11 is 0. The summed E-state index contributed by atoms with van der Waals surface area (Å²) in [6.07, 6.45) is 0. The summed E-state index contributed by atoms with van der Waals surface area (Å²) in [5, 5.41) is 16.6. The van der Waals surface area contributed by atoms with E-state index in [-0.39, 0.29) is 5.91 Å². The number of aliphatic carboxylic acids is 1. The molecule has 1 amide bonds. The molecule has 25 heavy (non-hydrogen) atoms. The number of aryl methyl sites for hydroxylation is 4. The average molecular weight is 343 g/mol. The third-order valence-corrected chi connectivity index (χ3v) is 4.50. The third-order valence-electron chi connectivity index (χ3n) is 4.50. The second-order valence-corrected chi connectivity index (χ2v) is 6.63. The highest BCUT2D eigenvalue weighted by Gasteiger charge is 2.28. The molecule has 6 nitrogen and oxygen atoms in total. The van der Waals surface area contributed by atoms with Crippen molar-refractivity contribution in [2.24, 2.45) is 7.05 Å². The molecule has 0 aliphatic carbocycles. The van der Waals surface area contributed by atoms with E-state index in [1.807, 2.05) is 40.8 Å². The van der Waals surface area contributed by atoms with Gasteiger partial charge in [-0.25, -0.2) is 4.79 Å². The van der Waals surface area contributed by atoms with Crippen LogP contribution in [0, 0.1) is 27.7 Å². The quantitative estimate of drug-likeness (QED) is 0.874. The Kier molecular flexibility index (Phi) is 5.30. The molecule has 2 rings (SSSR count). The van der Waals surface area contributed by atoms with Gasteiger partial charge < -0.3 is 10.4 Å². The second kappa shape index (κ2) is 7.09. The van der Waals surface area contributed by atoms with E-state index in [1.54, 1.807) is 23.7 Å². The first-order valence-electron chi connectivity index (χ1n) is 8.23. The molecule has 0 bridgehead atoms. The van der Waals surface area contributed by atoms with E-state index in [9.17, 15) is 14.7 Å². The summed E-state index contributed by atoms with van der Waals surface area (Å²) in [5.41, 5.74) is 5.01. The van der Waals surface area contributed by atoms with E-state index in [4.69, 9.17) is 0 Å². The summed E-state index contributed by atoms with van der Waals surface area (Å²) in [6.45, 7) is 9.33. The molecule has 0 saturated carbocycles. The van der Waals surface area contributed by atoms with Crippen LogP contribution in [0.2, 0.25) is 0 Å². The highest BCUT2D eigenvalue weighted by molar-refractivity contribution is 5.88. The Balaban J connectivity index is 2.30. The van der Waals surface area contributed by atoms with Crippen LogP contribution < -0.4 is 5.32 Å². The molecule has 134 valence electrons. The molecule has 1 heterocycles. The average Bonchev–Trinajstić information content (AvgIpc) is 2.75. The van der Waals surface area contributed by atoms with Crippen molar-refractivity contribution in [1.82, 2.24) is 15.1 Å². The zero-order valence-corrected chi connectivity index (χ0v) is 15.5. The molecule has 0 spiro atoms. The summed E-state index contributed by atoms with van der Waals surface area (Å²) in [4.78, 5) is 24.4. The lowest BCUT2D eigenvalue weighted by Gasteiger charge is -2.19. The van der Waals surface area contributed by atoms with Gasteiger partial charge in [0, 0.05) is 18.3 Å². The van der Waals surface area contributed by atoms with Crippen LogP contribution in [0.25, 0.3) is 0 Å². The number of rotatable bonds is 5. The maximum atomic E-state index is 12.7. The van der Waals surface area contributed by atoms with E-state index in [0.29, 0.717) is 5.56 Å². The van der Waals surface area contributed by atoms with Crippen molar-refractivity contribution in [3.8, 4) is 0 Å². The van der Waals surface area contributed by atoms with Gasteiger partial charge in [0.1, 0.15) is 0 Å². The lowest BCUT2D eigenvalue weighted by Crippen LogP contribution is -2.36. The molecule has 0 radical (unpaired) electrons. The summed E-state index contributed by atoms with van der Waals surface area (Å²) in [7, 11) is 1.83. The van der Waals surface area contributed by atoms with E-state index in [0.717, 1.165) is 28.1 Å². The lowest BCUT2D eigenvalue weighted by molar-refractivity contribution is -0.142. The van der Waals surface area contributed by atoms with Gasteiger partial charge in [0.25, 0.3) is 0 Å². The van der Waals surface area contributed by atoms with Gasteiger partial charge in [0.05, 0.1) is 11.6 Å². The molecule has 0 fully saturated rings. The lowest BCUT2D eigenvalue weighted by atomic mass is 9.96. The molecule has 2 aromatic rings. The van der Waals surface area contributed by atoms with Crippen molar-refractivity contribution in [2.75, 3.05) is 0 Å². The van der Waals surface area contributed by atoms with E-state index >= 15 is 0 Å². The predicted molar refractivity (Wildman–Crippen MR) is 95.5 cm³/mol. The van der Waals surface area contributed by atoms with E-state index in [2.05, 4.69) is 10.4 Å². The number of nitrogens with one attached hydrogen (secondary N) is 1. The normalized spacial score (nSPS) is 13.4. The number of carbonyl (C=O) groups excluding carboxylic acids is 1. The van der Waals surface area contributed by atoms with Crippen LogP contribution in [0.3, 0.4) is 0 Å². The molecular formula is C19H25N3O3. The number of carbonyl (C=O) groups is 2. The number of hydrogen-bond acceptors (Lipinski definition) is 3. The van der Waals surface area contributed by atoms with Gasteiger partial charge in [-0.05, 0) is 40.2 Å². The van der Waals surface area contributed by atoms with E-state index < -0.39 is 17.9 Å². The number of hydrogen-bond donors (Lipinski definition) is 2. The van der Waals surface area contributed by atoms with Gasteiger partial charge in [-0.2, -0.15) is 5.10 Å². The topological polar surface area (TPSA) is 84.2 Å². The van der Waals surface area contributed by atoms with Crippen LogP contribution >= 0.6 is 0 Å². The van der Waals surface area contributed by atoms with Gasteiger partial charge >= 0.3 is 5.97 Å². The smallest absolute Gasteiger partial charge is 0.330 e. The molecule has 2 unspecified atom stereocenters. The van der Waals surface area contributed by atoms with Gasteiger partial charge in [-0.1, -0.05) is 29.3 Å². The van der Waals surface area contributed by atoms with Gasteiger partial charge in [0.2, 0.25) is 5.91 Å². The fourth-order valence-corrected chi connectivity index (χ4v) is 3.28. The highest BCUT2D eigenvalue weighted by Crippen LogP contribution is 2.25. The molecule has 1 aromatic heterocycles. The van der Waals surface area contributed by atoms with Crippen LogP contribution in [0.5, 0.6) is 0 Å². The molecule has 1 aromatic carbocycles. The van der Waals surface area contributed by atoms with Crippen molar-refractivity contribution in [2.45, 2.75) is 46.6 Å². The Morgan fingerprint density at radius 2 is 1.68 bits per heavy atom. The van der Waals surface area contributed by atoms with Gasteiger partial charge in [-0.3, -0.25) is 9.48 Å². The monoisotopic (exact) mass is 343 g/mol. The van der Waals surface area contributed by atoms with Crippen LogP contribution in [0.1, 0.15) is 52.5 Å². The third kappa shape index (κ3) is 3.90. The minimum absolute atomic E-state index is 0.328. The van der Waals surface area contributed by atoms with Crippen LogP contribution in [0.15, 0.2) is 18.2 Å². The van der Waals surface area contributed by atoms with E-state index in [1.165, 1.54) is 0 Å². The molecular weight excluding hydrogens is 318 g/mol. The Labute approximate surface area is 147 Å². The fourth-order valence-electron chi connectivity index (χ4n) is 3.28. The minimum Gasteiger partial charge on any atom is -0.479 e. The van der Waals surface area contributed by atoms with Crippen LogP contribution in [-0.2, 0) is 16.6 Å². The van der Waals surface area contributed by atoms with Crippen molar-refractivity contribution in [3.05, 3.63) is 51.8 Å². The number of nitrogens with zero attached hydrogens (tertiary/aromatic N) is 2. The van der Waals surface area contributed by atoms with Crippen molar-refractivity contribution >= 4 is 11.9 Å². The predicted octanol–water partition coefficient (Wildman–Crippen LogP) is 2.70. The fraction of sp³-hybridized carbons (Fsp3) is 0.421. The summed E-state index contributed by atoms with van der Waals surface area (Å²) < 4.78 is 1.73. The number of aromatic nitrogens is 2. The standard InChI is InChI=1S/C19H25N3O3/c1-10-7-11(2)9-15(8-10)17(19(24)25)20-18(23)12(3)16-13(4)21-22(6)14(16)5/h7-9,12,17H,1-6H3,(H,20,23)(H,24,25). The van der Waals surface area contributed by atoms with Crippen LogP contribution in [0.4, 0.5) is 0 Å². The number of benzene rings is 1. The summed E-state index contributed by atoms with van der Waals surface area (Å²) in [5.74, 6) is -1.89. The van der Waals surface area contributed by atoms with Crippen molar-refractivity contribution < 1.29 is 14.7 Å². The maximum Gasteiger partial charge on any atom is 0.330 e. The first kappa shape index (κ1) is 18.7. The second-order valence-electron chi connectivity index (χ2n) is 6.63. The SMILES string of the molecule is Cc1cc(C)cc(C(NC(=O)C(C)c2c(C)nn(C)c2C)C(=O)O)c1.